The molecule has 0 N–H and O–H groups in total. The largest absolute Gasteiger partial charge is 0.426 e. The standard InChI is InChI=1S/C24H35F3O4/c1-5-17(2)22(28)30-21-13-11-20(12-14-21)23(4,24(25,26)27)31-18(3)29-16-15-19-9-7-6-8-10-19/h11-14,17-19H,5-10,15-16H2,1-4H3. The molecule has 0 aliphatic heterocycles. The van der Waals surface area contributed by atoms with Crippen molar-refractivity contribution in [1.29, 1.82) is 0 Å². The van der Waals surface area contributed by atoms with Gasteiger partial charge in [0, 0.05) is 6.61 Å². The van der Waals surface area contributed by atoms with Crippen molar-refractivity contribution >= 4 is 5.97 Å². The molecule has 0 heterocycles. The number of rotatable bonds is 10. The fraction of sp³-hybridized carbons (Fsp3) is 0.708. The molecule has 1 aliphatic rings. The number of carbonyl (C=O) groups excluding carboxylic acids is 1. The number of benzene rings is 1. The number of ether oxygens (including phenoxy) is 3. The minimum absolute atomic E-state index is 0.0777. The molecule has 1 fully saturated rings. The molecule has 0 amide bonds. The van der Waals surface area contributed by atoms with Gasteiger partial charge in [-0.1, -0.05) is 58.1 Å². The molecule has 1 aromatic carbocycles. The molecule has 1 saturated carbocycles. The smallest absolute Gasteiger partial charge is 0.421 e. The summed E-state index contributed by atoms with van der Waals surface area (Å²) < 4.78 is 58.1. The van der Waals surface area contributed by atoms with Crippen molar-refractivity contribution in [2.24, 2.45) is 11.8 Å². The van der Waals surface area contributed by atoms with Gasteiger partial charge in [0.25, 0.3) is 0 Å². The van der Waals surface area contributed by atoms with Crippen LogP contribution in [0.2, 0.25) is 0 Å². The second-order valence-corrected chi connectivity index (χ2v) is 8.63. The van der Waals surface area contributed by atoms with Crippen LogP contribution in [0.1, 0.15) is 78.2 Å². The SMILES string of the molecule is CCC(C)C(=O)Oc1ccc(C(C)(OC(C)OCCC2CCCCC2)C(F)(F)F)cc1. The summed E-state index contributed by atoms with van der Waals surface area (Å²) in [5, 5.41) is 0. The molecule has 31 heavy (non-hydrogen) atoms. The van der Waals surface area contributed by atoms with E-state index in [1.165, 1.54) is 50.5 Å². The van der Waals surface area contributed by atoms with Crippen LogP contribution in [0.15, 0.2) is 24.3 Å². The van der Waals surface area contributed by atoms with Crippen LogP contribution >= 0.6 is 0 Å². The minimum atomic E-state index is -4.65. The van der Waals surface area contributed by atoms with Gasteiger partial charge in [-0.15, -0.1) is 0 Å². The third-order valence-corrected chi connectivity index (χ3v) is 6.18. The highest BCUT2D eigenvalue weighted by atomic mass is 19.4. The molecule has 4 nitrogen and oxygen atoms in total. The first-order chi connectivity index (χ1) is 14.6. The lowest BCUT2D eigenvalue weighted by Crippen LogP contribution is -2.44. The van der Waals surface area contributed by atoms with E-state index in [-0.39, 0.29) is 17.2 Å². The van der Waals surface area contributed by atoms with Gasteiger partial charge in [-0.3, -0.25) is 4.79 Å². The molecule has 0 aromatic heterocycles. The fourth-order valence-electron chi connectivity index (χ4n) is 3.77. The lowest BCUT2D eigenvalue weighted by Gasteiger charge is -2.35. The van der Waals surface area contributed by atoms with Crippen LogP contribution in [-0.4, -0.2) is 25.0 Å². The Hall–Kier alpha value is -1.60. The van der Waals surface area contributed by atoms with Gasteiger partial charge in [0.15, 0.2) is 11.9 Å². The zero-order valence-corrected chi connectivity index (χ0v) is 19.0. The summed E-state index contributed by atoms with van der Waals surface area (Å²) in [4.78, 5) is 11.9. The molecular weight excluding hydrogens is 409 g/mol. The van der Waals surface area contributed by atoms with Crippen molar-refractivity contribution in [2.75, 3.05) is 6.61 Å². The summed E-state index contributed by atoms with van der Waals surface area (Å²) in [6.45, 7) is 6.46. The third-order valence-electron chi connectivity index (χ3n) is 6.18. The van der Waals surface area contributed by atoms with Crippen LogP contribution in [0.3, 0.4) is 0 Å². The van der Waals surface area contributed by atoms with Gasteiger partial charge in [0.2, 0.25) is 0 Å². The summed E-state index contributed by atoms with van der Waals surface area (Å²) in [7, 11) is 0. The second-order valence-electron chi connectivity index (χ2n) is 8.63. The predicted octanol–water partition coefficient (Wildman–Crippen LogP) is 6.77. The van der Waals surface area contributed by atoms with Crippen molar-refractivity contribution in [2.45, 2.75) is 90.7 Å². The molecular formula is C24H35F3O4. The highest BCUT2D eigenvalue weighted by Gasteiger charge is 2.54. The van der Waals surface area contributed by atoms with Gasteiger partial charge < -0.3 is 14.2 Å². The van der Waals surface area contributed by atoms with Gasteiger partial charge in [-0.05, 0) is 50.3 Å². The zero-order chi connectivity index (χ0) is 23.1. The van der Waals surface area contributed by atoms with Crippen LogP contribution in [0.25, 0.3) is 0 Å². The first-order valence-corrected chi connectivity index (χ1v) is 11.2. The van der Waals surface area contributed by atoms with Gasteiger partial charge in [0.05, 0.1) is 5.92 Å². The summed E-state index contributed by atoms with van der Waals surface area (Å²) in [5.41, 5.74) is -2.62. The van der Waals surface area contributed by atoms with E-state index in [4.69, 9.17) is 14.2 Å². The van der Waals surface area contributed by atoms with Crippen molar-refractivity contribution in [3.63, 3.8) is 0 Å². The molecule has 3 unspecified atom stereocenters. The Morgan fingerprint density at radius 1 is 1.10 bits per heavy atom. The van der Waals surface area contributed by atoms with Crippen molar-refractivity contribution in [3.8, 4) is 5.75 Å². The number of carbonyl (C=O) groups is 1. The Labute approximate surface area is 183 Å². The second kappa shape index (κ2) is 11.3. The van der Waals surface area contributed by atoms with E-state index >= 15 is 0 Å². The quantitative estimate of drug-likeness (QED) is 0.227. The summed E-state index contributed by atoms with van der Waals surface area (Å²) in [5.74, 6) is 0.0936. The lowest BCUT2D eigenvalue weighted by molar-refractivity contribution is -0.321. The number of hydrogen-bond acceptors (Lipinski definition) is 4. The maximum atomic E-state index is 14.0. The number of hydrogen-bond donors (Lipinski definition) is 0. The van der Waals surface area contributed by atoms with E-state index in [2.05, 4.69) is 0 Å². The molecule has 176 valence electrons. The van der Waals surface area contributed by atoms with Crippen LogP contribution < -0.4 is 4.74 Å². The van der Waals surface area contributed by atoms with Gasteiger partial charge in [-0.2, -0.15) is 13.2 Å². The van der Waals surface area contributed by atoms with Gasteiger partial charge in [-0.25, -0.2) is 0 Å². The van der Waals surface area contributed by atoms with Gasteiger partial charge in [0.1, 0.15) is 5.75 Å². The van der Waals surface area contributed by atoms with Crippen molar-refractivity contribution in [1.82, 2.24) is 0 Å². The van der Waals surface area contributed by atoms with Crippen LogP contribution in [0, 0.1) is 11.8 Å². The highest BCUT2D eigenvalue weighted by Crippen LogP contribution is 2.43. The van der Waals surface area contributed by atoms with Gasteiger partial charge >= 0.3 is 12.1 Å². The Morgan fingerprint density at radius 2 is 1.71 bits per heavy atom. The van der Waals surface area contributed by atoms with E-state index in [9.17, 15) is 18.0 Å². The predicted molar refractivity (Wildman–Crippen MR) is 113 cm³/mol. The molecule has 0 bridgehead atoms. The summed E-state index contributed by atoms with van der Waals surface area (Å²) in [6.07, 6.45) is 1.80. The molecule has 3 atom stereocenters. The summed E-state index contributed by atoms with van der Waals surface area (Å²) in [6, 6.07) is 5.28. The first-order valence-electron chi connectivity index (χ1n) is 11.2. The van der Waals surface area contributed by atoms with E-state index in [0.717, 1.165) is 26.2 Å². The first kappa shape index (κ1) is 25.7. The van der Waals surface area contributed by atoms with E-state index in [0.29, 0.717) is 18.9 Å². The Bertz CT molecular complexity index is 683. The topological polar surface area (TPSA) is 44.8 Å². The lowest BCUT2D eigenvalue weighted by atomic mass is 9.87. The maximum absolute atomic E-state index is 14.0. The van der Waals surface area contributed by atoms with Crippen molar-refractivity contribution in [3.05, 3.63) is 29.8 Å². The highest BCUT2D eigenvalue weighted by molar-refractivity contribution is 5.74. The zero-order valence-electron chi connectivity index (χ0n) is 19.0. The van der Waals surface area contributed by atoms with E-state index in [1.54, 1.807) is 6.92 Å². The van der Waals surface area contributed by atoms with Crippen LogP contribution in [-0.2, 0) is 19.9 Å². The Morgan fingerprint density at radius 3 is 2.26 bits per heavy atom. The molecule has 2 rings (SSSR count). The van der Waals surface area contributed by atoms with E-state index < -0.39 is 24.0 Å². The van der Waals surface area contributed by atoms with Crippen LogP contribution in [0.4, 0.5) is 13.2 Å². The average molecular weight is 445 g/mol. The molecule has 0 radical (unpaired) electrons. The number of alkyl halides is 3. The van der Waals surface area contributed by atoms with Crippen LogP contribution in [0.5, 0.6) is 5.75 Å². The fourth-order valence-corrected chi connectivity index (χ4v) is 3.77. The average Bonchev–Trinajstić information content (AvgIpc) is 2.73. The monoisotopic (exact) mass is 444 g/mol. The Balaban J connectivity index is 2.01. The minimum Gasteiger partial charge on any atom is -0.426 e. The molecule has 1 aromatic rings. The number of halogens is 3. The normalized spacial score (nSPS) is 19.5. The Kier molecular flexibility index (Phi) is 9.37. The third kappa shape index (κ3) is 7.21. The summed E-state index contributed by atoms with van der Waals surface area (Å²) >= 11 is 0. The molecule has 7 heteroatoms. The molecule has 1 aliphatic carbocycles. The molecule has 0 spiro atoms. The molecule has 0 saturated heterocycles. The maximum Gasteiger partial charge on any atom is 0.421 e. The van der Waals surface area contributed by atoms with Crippen molar-refractivity contribution < 1.29 is 32.2 Å². The van der Waals surface area contributed by atoms with E-state index in [1.807, 2.05) is 6.92 Å². The number of esters is 1.